The average molecular weight is 317 g/mol. The summed E-state index contributed by atoms with van der Waals surface area (Å²) in [5.41, 5.74) is 3.95. The van der Waals surface area contributed by atoms with Crippen LogP contribution >= 0.6 is 0 Å². The van der Waals surface area contributed by atoms with Crippen molar-refractivity contribution in [2.75, 3.05) is 37.6 Å². The van der Waals surface area contributed by atoms with E-state index in [4.69, 9.17) is 0 Å². The van der Waals surface area contributed by atoms with Gasteiger partial charge in [-0.2, -0.15) is 0 Å². The fourth-order valence-electron chi connectivity index (χ4n) is 3.03. The summed E-state index contributed by atoms with van der Waals surface area (Å²) in [5, 5.41) is 3.03. The molecular weight excluding hydrogens is 286 g/mol. The van der Waals surface area contributed by atoms with Gasteiger partial charge in [0.15, 0.2) is 0 Å². The third kappa shape index (κ3) is 5.24. The second-order valence-electron chi connectivity index (χ2n) is 7.60. The van der Waals surface area contributed by atoms with Gasteiger partial charge in [-0.25, -0.2) is 0 Å². The van der Waals surface area contributed by atoms with Crippen LogP contribution in [0.4, 0.5) is 5.69 Å². The third-order valence-electron chi connectivity index (χ3n) is 4.46. The van der Waals surface area contributed by atoms with Crippen molar-refractivity contribution >= 4 is 11.6 Å². The average Bonchev–Trinajstić information content (AvgIpc) is 2.47. The van der Waals surface area contributed by atoms with Gasteiger partial charge in [-0.15, -0.1) is 0 Å². The van der Waals surface area contributed by atoms with Crippen LogP contribution in [0.2, 0.25) is 0 Å². The molecule has 1 aliphatic rings. The predicted molar refractivity (Wildman–Crippen MR) is 97.1 cm³/mol. The van der Waals surface area contributed by atoms with E-state index in [0.29, 0.717) is 6.42 Å². The molecule has 1 aliphatic heterocycles. The molecule has 0 aliphatic carbocycles. The van der Waals surface area contributed by atoms with Gasteiger partial charge in [0.1, 0.15) is 0 Å². The maximum atomic E-state index is 11.9. The lowest BCUT2D eigenvalue weighted by Gasteiger charge is -2.37. The van der Waals surface area contributed by atoms with Gasteiger partial charge in [0.2, 0.25) is 5.91 Å². The molecule has 1 fully saturated rings. The molecule has 4 nitrogen and oxygen atoms in total. The highest BCUT2D eigenvalue weighted by atomic mass is 16.1. The molecule has 0 atom stereocenters. The monoisotopic (exact) mass is 317 g/mol. The van der Waals surface area contributed by atoms with Gasteiger partial charge in [-0.3, -0.25) is 9.69 Å². The van der Waals surface area contributed by atoms with Crippen molar-refractivity contribution in [2.24, 2.45) is 0 Å². The number of rotatable bonds is 4. The summed E-state index contributed by atoms with van der Waals surface area (Å²) in [6, 6.07) is 6.53. The molecule has 4 heteroatoms. The van der Waals surface area contributed by atoms with E-state index in [-0.39, 0.29) is 11.4 Å². The number of nitrogens with zero attached hydrogens (tertiary/aromatic N) is 2. The molecule has 0 radical (unpaired) electrons. The summed E-state index contributed by atoms with van der Waals surface area (Å²) in [5.74, 6) is 0.148. The topological polar surface area (TPSA) is 35.6 Å². The summed E-state index contributed by atoms with van der Waals surface area (Å²) >= 11 is 0. The van der Waals surface area contributed by atoms with Crippen molar-refractivity contribution in [3.05, 3.63) is 29.3 Å². The van der Waals surface area contributed by atoms with Crippen LogP contribution in [0.3, 0.4) is 0 Å². The summed E-state index contributed by atoms with van der Waals surface area (Å²) in [6.45, 7) is 15.4. The number of benzene rings is 1. The van der Waals surface area contributed by atoms with Gasteiger partial charge in [0.05, 0.1) is 0 Å². The highest BCUT2D eigenvalue weighted by Crippen LogP contribution is 2.23. The summed E-state index contributed by atoms with van der Waals surface area (Å²) < 4.78 is 0. The zero-order valence-electron chi connectivity index (χ0n) is 15.3. The molecule has 0 unspecified atom stereocenters. The molecule has 0 saturated carbocycles. The van der Waals surface area contributed by atoms with E-state index in [1.54, 1.807) is 0 Å². The van der Waals surface area contributed by atoms with E-state index in [9.17, 15) is 4.79 Å². The minimum atomic E-state index is -0.140. The first-order valence-electron chi connectivity index (χ1n) is 8.61. The standard InChI is InChI=1S/C19H31N3O/c1-15-7-6-8-17(16(15)2)22-13-11-21(12-14-22)10-9-18(23)20-19(3,4)5/h6-8H,9-14H2,1-5H3,(H,20,23). The Balaban J connectivity index is 1.80. The molecule has 1 N–H and O–H groups in total. The van der Waals surface area contributed by atoms with Crippen molar-refractivity contribution < 1.29 is 4.79 Å². The number of piperazine rings is 1. The highest BCUT2D eigenvalue weighted by molar-refractivity contribution is 5.76. The van der Waals surface area contributed by atoms with Crippen LogP contribution in [0, 0.1) is 13.8 Å². The van der Waals surface area contributed by atoms with Crippen LogP contribution < -0.4 is 10.2 Å². The predicted octanol–water partition coefficient (Wildman–Crippen LogP) is 2.73. The maximum Gasteiger partial charge on any atom is 0.221 e. The molecule has 0 aromatic heterocycles. The first-order valence-corrected chi connectivity index (χ1v) is 8.61. The van der Waals surface area contributed by atoms with Crippen molar-refractivity contribution in [3.63, 3.8) is 0 Å². The van der Waals surface area contributed by atoms with E-state index < -0.39 is 0 Å². The number of carbonyl (C=O) groups is 1. The zero-order valence-corrected chi connectivity index (χ0v) is 15.3. The molecule has 1 aromatic carbocycles. The Hall–Kier alpha value is -1.55. The summed E-state index contributed by atoms with van der Waals surface area (Å²) in [7, 11) is 0. The van der Waals surface area contributed by atoms with E-state index in [2.05, 4.69) is 47.2 Å². The van der Waals surface area contributed by atoms with Gasteiger partial charge in [-0.05, 0) is 51.8 Å². The molecule has 0 bridgehead atoms. The van der Waals surface area contributed by atoms with Crippen LogP contribution in [0.1, 0.15) is 38.3 Å². The van der Waals surface area contributed by atoms with Crippen molar-refractivity contribution in [1.82, 2.24) is 10.2 Å². The quantitative estimate of drug-likeness (QED) is 0.927. The first-order chi connectivity index (χ1) is 10.8. The molecule has 2 rings (SSSR count). The Morgan fingerprint density at radius 3 is 2.39 bits per heavy atom. The first kappa shape index (κ1) is 17.8. The second kappa shape index (κ2) is 7.35. The van der Waals surface area contributed by atoms with Gasteiger partial charge >= 0.3 is 0 Å². The number of hydrogen-bond acceptors (Lipinski definition) is 3. The van der Waals surface area contributed by atoms with Gasteiger partial charge in [0, 0.05) is 50.4 Å². The van der Waals surface area contributed by atoms with Crippen LogP contribution in [-0.4, -0.2) is 49.1 Å². The minimum absolute atomic E-state index is 0.140. The second-order valence-corrected chi connectivity index (χ2v) is 7.60. The SMILES string of the molecule is Cc1cccc(N2CCN(CCC(=O)NC(C)(C)C)CC2)c1C. The summed E-state index contributed by atoms with van der Waals surface area (Å²) in [6.07, 6.45) is 0.584. The van der Waals surface area contributed by atoms with E-state index in [0.717, 1.165) is 32.7 Å². The number of amides is 1. The van der Waals surface area contributed by atoms with E-state index in [1.807, 2.05) is 20.8 Å². The molecule has 1 amide bonds. The Labute approximate surface area is 140 Å². The molecular formula is C19H31N3O. The number of hydrogen-bond donors (Lipinski definition) is 1. The summed E-state index contributed by atoms with van der Waals surface area (Å²) in [4.78, 5) is 16.8. The molecule has 1 aromatic rings. The molecule has 128 valence electrons. The molecule has 1 heterocycles. The maximum absolute atomic E-state index is 11.9. The molecule has 0 spiro atoms. The zero-order chi connectivity index (χ0) is 17.0. The van der Waals surface area contributed by atoms with Crippen molar-refractivity contribution in [2.45, 2.75) is 46.6 Å². The largest absolute Gasteiger partial charge is 0.369 e. The Kier molecular flexibility index (Phi) is 5.69. The van der Waals surface area contributed by atoms with Crippen LogP contribution in [0.25, 0.3) is 0 Å². The van der Waals surface area contributed by atoms with Gasteiger partial charge < -0.3 is 10.2 Å². The number of nitrogens with one attached hydrogen (secondary N) is 1. The lowest BCUT2D eigenvalue weighted by atomic mass is 10.1. The van der Waals surface area contributed by atoms with Gasteiger partial charge in [-0.1, -0.05) is 12.1 Å². The van der Waals surface area contributed by atoms with Crippen molar-refractivity contribution in [1.29, 1.82) is 0 Å². The van der Waals surface area contributed by atoms with E-state index >= 15 is 0 Å². The smallest absolute Gasteiger partial charge is 0.221 e. The van der Waals surface area contributed by atoms with Crippen LogP contribution in [-0.2, 0) is 4.79 Å². The number of aryl methyl sites for hydroxylation is 1. The van der Waals surface area contributed by atoms with Crippen LogP contribution in [0.5, 0.6) is 0 Å². The highest BCUT2D eigenvalue weighted by Gasteiger charge is 2.20. The van der Waals surface area contributed by atoms with Crippen LogP contribution in [0.15, 0.2) is 18.2 Å². The fourth-order valence-corrected chi connectivity index (χ4v) is 3.03. The molecule has 23 heavy (non-hydrogen) atoms. The minimum Gasteiger partial charge on any atom is -0.369 e. The Bertz CT molecular complexity index is 540. The Morgan fingerprint density at radius 1 is 1.13 bits per heavy atom. The lowest BCUT2D eigenvalue weighted by Crippen LogP contribution is -2.48. The Morgan fingerprint density at radius 2 is 1.78 bits per heavy atom. The van der Waals surface area contributed by atoms with Crippen molar-refractivity contribution in [3.8, 4) is 0 Å². The number of anilines is 1. The lowest BCUT2D eigenvalue weighted by molar-refractivity contribution is -0.122. The van der Waals surface area contributed by atoms with Gasteiger partial charge in [0.25, 0.3) is 0 Å². The normalized spacial score (nSPS) is 16.5. The number of carbonyl (C=O) groups excluding carboxylic acids is 1. The molecule has 1 saturated heterocycles. The third-order valence-corrected chi connectivity index (χ3v) is 4.46. The van der Waals surface area contributed by atoms with E-state index in [1.165, 1.54) is 16.8 Å². The fraction of sp³-hybridized carbons (Fsp3) is 0.632.